The summed E-state index contributed by atoms with van der Waals surface area (Å²) >= 11 is 0. The first kappa shape index (κ1) is 14.1. The van der Waals surface area contributed by atoms with E-state index in [9.17, 15) is 13.2 Å². The van der Waals surface area contributed by atoms with Gasteiger partial charge in [-0.25, -0.2) is 0 Å². The van der Waals surface area contributed by atoms with E-state index in [0.29, 0.717) is 18.5 Å². The van der Waals surface area contributed by atoms with Gasteiger partial charge in [0, 0.05) is 24.7 Å². The van der Waals surface area contributed by atoms with Crippen molar-refractivity contribution in [2.45, 2.75) is 31.1 Å². The van der Waals surface area contributed by atoms with E-state index in [0.717, 1.165) is 18.1 Å². The maximum atomic E-state index is 12.4. The summed E-state index contributed by atoms with van der Waals surface area (Å²) in [5, 5.41) is 3.36. The Bertz CT molecular complexity index is 593. The van der Waals surface area contributed by atoms with E-state index in [4.69, 9.17) is 0 Å². The molecule has 1 aliphatic carbocycles. The molecule has 0 amide bonds. The molecular weight excluding hydrogens is 277 g/mol. The summed E-state index contributed by atoms with van der Waals surface area (Å²) < 4.78 is 37.2. The number of nitrogens with one attached hydrogen (secondary N) is 1. The molecule has 2 atom stereocenters. The predicted molar refractivity (Wildman–Crippen MR) is 73.7 cm³/mol. The fraction of sp³-hybridized carbons (Fsp3) is 0.312. The van der Waals surface area contributed by atoms with E-state index in [-0.39, 0.29) is 0 Å². The minimum atomic E-state index is -4.37. The van der Waals surface area contributed by atoms with Gasteiger partial charge in [0.2, 0.25) is 0 Å². The number of hydrogen-bond acceptors (Lipinski definition) is 2. The molecule has 1 aromatic heterocycles. The number of nitrogens with zero attached hydrogens (tertiary/aromatic N) is 1. The molecule has 2 aromatic rings. The van der Waals surface area contributed by atoms with Crippen molar-refractivity contribution in [2.24, 2.45) is 0 Å². The highest BCUT2D eigenvalue weighted by Crippen LogP contribution is 2.40. The number of alkyl halides is 3. The molecule has 1 heterocycles. The number of halogens is 3. The van der Waals surface area contributed by atoms with Crippen LogP contribution in [0, 0.1) is 0 Å². The zero-order valence-corrected chi connectivity index (χ0v) is 11.3. The summed E-state index contributed by atoms with van der Waals surface area (Å²) in [5.41, 5.74) is 1.22. The van der Waals surface area contributed by atoms with Crippen LogP contribution in [0.4, 0.5) is 13.2 Å². The molecule has 0 aliphatic heterocycles. The molecular formula is C16H15F3N2. The molecule has 1 aromatic carbocycles. The van der Waals surface area contributed by atoms with Crippen molar-refractivity contribution in [2.75, 3.05) is 0 Å². The van der Waals surface area contributed by atoms with Crippen LogP contribution in [0.2, 0.25) is 0 Å². The van der Waals surface area contributed by atoms with Gasteiger partial charge in [0.1, 0.15) is 5.69 Å². The number of aromatic nitrogens is 1. The summed E-state index contributed by atoms with van der Waals surface area (Å²) in [6.45, 7) is 0.541. The lowest BCUT2D eigenvalue weighted by Gasteiger charge is -2.07. The second-order valence-corrected chi connectivity index (χ2v) is 5.29. The van der Waals surface area contributed by atoms with Gasteiger partial charge < -0.3 is 5.32 Å². The average molecular weight is 292 g/mol. The maximum Gasteiger partial charge on any atom is 0.433 e. The van der Waals surface area contributed by atoms with E-state index >= 15 is 0 Å². The van der Waals surface area contributed by atoms with Crippen LogP contribution in [0.15, 0.2) is 48.7 Å². The van der Waals surface area contributed by atoms with Crippen molar-refractivity contribution in [1.82, 2.24) is 10.3 Å². The summed E-state index contributed by atoms with van der Waals surface area (Å²) in [5.74, 6) is 0.508. The lowest BCUT2D eigenvalue weighted by molar-refractivity contribution is -0.141. The molecule has 2 nitrogen and oxygen atoms in total. The first-order valence-electron chi connectivity index (χ1n) is 6.84. The Morgan fingerprint density at radius 1 is 1.10 bits per heavy atom. The molecule has 110 valence electrons. The van der Waals surface area contributed by atoms with E-state index in [2.05, 4.69) is 22.4 Å². The summed E-state index contributed by atoms with van der Waals surface area (Å²) in [6, 6.07) is 13.1. The van der Waals surface area contributed by atoms with Gasteiger partial charge in [0.15, 0.2) is 0 Å². The Morgan fingerprint density at radius 2 is 1.86 bits per heavy atom. The van der Waals surface area contributed by atoms with Crippen LogP contribution in [0.5, 0.6) is 0 Å². The molecule has 5 heteroatoms. The van der Waals surface area contributed by atoms with Crippen LogP contribution < -0.4 is 5.32 Å². The smallest absolute Gasteiger partial charge is 0.309 e. The molecule has 21 heavy (non-hydrogen) atoms. The van der Waals surface area contributed by atoms with Crippen molar-refractivity contribution in [3.63, 3.8) is 0 Å². The number of benzene rings is 1. The molecule has 1 N–H and O–H groups in total. The van der Waals surface area contributed by atoms with Gasteiger partial charge in [-0.1, -0.05) is 36.4 Å². The Hall–Kier alpha value is -1.88. The van der Waals surface area contributed by atoms with Gasteiger partial charge in [0.05, 0.1) is 0 Å². The third kappa shape index (κ3) is 3.42. The quantitative estimate of drug-likeness (QED) is 0.928. The molecule has 3 rings (SSSR count). The largest absolute Gasteiger partial charge is 0.433 e. The Balaban J connectivity index is 1.53. The van der Waals surface area contributed by atoms with E-state index in [1.807, 2.05) is 18.2 Å². The van der Waals surface area contributed by atoms with Gasteiger partial charge in [-0.15, -0.1) is 0 Å². The monoisotopic (exact) mass is 292 g/mol. The molecule has 0 spiro atoms. The summed E-state index contributed by atoms with van der Waals surface area (Å²) in [7, 11) is 0. The molecule has 1 aliphatic rings. The topological polar surface area (TPSA) is 24.9 Å². The van der Waals surface area contributed by atoms with Crippen molar-refractivity contribution < 1.29 is 13.2 Å². The predicted octanol–water partition coefficient (Wildman–Crippen LogP) is 3.75. The maximum absolute atomic E-state index is 12.4. The molecule has 1 saturated carbocycles. The first-order chi connectivity index (χ1) is 10.0. The Morgan fingerprint density at radius 3 is 2.48 bits per heavy atom. The standard InChI is InChI=1S/C16H15F3N2/c17-16(18,19)15-7-6-11(10-21-15)9-20-14-8-13(14)12-4-2-1-3-5-12/h1-7,10,13-14,20H,8-9H2/t13-,14+/m0/s1. The minimum Gasteiger partial charge on any atom is -0.309 e. The molecule has 0 unspecified atom stereocenters. The van der Waals surface area contributed by atoms with Crippen LogP contribution in [0.1, 0.15) is 29.2 Å². The Kier molecular flexibility index (Phi) is 3.68. The highest BCUT2D eigenvalue weighted by Gasteiger charge is 2.37. The number of rotatable bonds is 4. The fourth-order valence-electron chi connectivity index (χ4n) is 2.43. The average Bonchev–Trinajstić information content (AvgIpc) is 3.25. The summed E-state index contributed by atoms with van der Waals surface area (Å²) in [6.07, 6.45) is -2.02. The van der Waals surface area contributed by atoms with Gasteiger partial charge >= 0.3 is 6.18 Å². The van der Waals surface area contributed by atoms with Gasteiger partial charge in [-0.3, -0.25) is 4.98 Å². The van der Waals surface area contributed by atoms with Gasteiger partial charge in [0.25, 0.3) is 0 Å². The normalized spacial score (nSPS) is 21.3. The van der Waals surface area contributed by atoms with Crippen molar-refractivity contribution in [3.8, 4) is 0 Å². The van der Waals surface area contributed by atoms with Crippen LogP contribution >= 0.6 is 0 Å². The van der Waals surface area contributed by atoms with Crippen LogP contribution in [-0.2, 0) is 12.7 Å². The van der Waals surface area contributed by atoms with Crippen molar-refractivity contribution in [3.05, 3.63) is 65.5 Å². The molecule has 0 bridgehead atoms. The lowest BCUT2D eigenvalue weighted by Crippen LogP contribution is -2.17. The third-order valence-corrected chi connectivity index (χ3v) is 3.70. The van der Waals surface area contributed by atoms with Crippen molar-refractivity contribution >= 4 is 0 Å². The second-order valence-electron chi connectivity index (χ2n) is 5.29. The van der Waals surface area contributed by atoms with E-state index < -0.39 is 11.9 Å². The zero-order chi connectivity index (χ0) is 14.9. The van der Waals surface area contributed by atoms with Gasteiger partial charge in [-0.05, 0) is 23.6 Å². The number of hydrogen-bond donors (Lipinski definition) is 1. The molecule has 0 saturated heterocycles. The highest BCUT2D eigenvalue weighted by molar-refractivity contribution is 5.28. The molecule has 1 fully saturated rings. The zero-order valence-electron chi connectivity index (χ0n) is 11.3. The molecule has 0 radical (unpaired) electrons. The van der Waals surface area contributed by atoms with E-state index in [1.54, 1.807) is 0 Å². The van der Waals surface area contributed by atoms with Crippen LogP contribution in [0.3, 0.4) is 0 Å². The Labute approximate surface area is 121 Å². The van der Waals surface area contributed by atoms with Crippen molar-refractivity contribution in [1.29, 1.82) is 0 Å². The highest BCUT2D eigenvalue weighted by atomic mass is 19.4. The first-order valence-corrected chi connectivity index (χ1v) is 6.84. The van der Waals surface area contributed by atoms with Crippen LogP contribution in [0.25, 0.3) is 0 Å². The summed E-state index contributed by atoms with van der Waals surface area (Å²) in [4.78, 5) is 3.46. The number of pyridine rings is 1. The fourth-order valence-corrected chi connectivity index (χ4v) is 2.43. The minimum absolute atomic E-state index is 0.398. The SMILES string of the molecule is FC(F)(F)c1ccc(CN[C@@H]2C[C@H]2c2ccccc2)cn1. The van der Waals surface area contributed by atoms with Crippen LogP contribution in [-0.4, -0.2) is 11.0 Å². The second kappa shape index (κ2) is 5.48. The van der Waals surface area contributed by atoms with Gasteiger partial charge in [-0.2, -0.15) is 13.2 Å². The third-order valence-electron chi connectivity index (χ3n) is 3.70. The van der Waals surface area contributed by atoms with E-state index in [1.165, 1.54) is 17.8 Å². The lowest BCUT2D eigenvalue weighted by atomic mass is 10.1.